The highest BCUT2D eigenvalue weighted by molar-refractivity contribution is 6.56. The van der Waals surface area contributed by atoms with E-state index in [9.17, 15) is 4.79 Å². The number of benzene rings is 2. The number of carbonyl (C=O) groups is 1. The molecule has 8 heteroatoms. The van der Waals surface area contributed by atoms with E-state index in [2.05, 4.69) is 5.32 Å². The van der Waals surface area contributed by atoms with Gasteiger partial charge in [0.2, 0.25) is 0 Å². The van der Waals surface area contributed by atoms with E-state index >= 15 is 0 Å². The number of nitrogens with one attached hydrogen (secondary N) is 1. The van der Waals surface area contributed by atoms with E-state index in [-0.39, 0.29) is 13.2 Å². The molecule has 0 radical (unpaired) electrons. The summed E-state index contributed by atoms with van der Waals surface area (Å²) >= 11 is 0. The average molecular weight is 438 g/mol. The van der Waals surface area contributed by atoms with Crippen molar-refractivity contribution in [2.24, 2.45) is 0 Å². The first-order chi connectivity index (χ1) is 15.1. The van der Waals surface area contributed by atoms with Gasteiger partial charge in [0, 0.05) is 17.8 Å². The van der Waals surface area contributed by atoms with Gasteiger partial charge in [-0.2, -0.15) is 0 Å². The van der Waals surface area contributed by atoms with Crippen molar-refractivity contribution in [1.29, 1.82) is 0 Å². The fraction of sp³-hybridized carbons (Fsp3) is 0.375. The van der Waals surface area contributed by atoms with Gasteiger partial charge in [-0.15, -0.1) is 0 Å². The van der Waals surface area contributed by atoms with E-state index < -0.39 is 24.4 Å². The van der Waals surface area contributed by atoms with E-state index in [1.807, 2.05) is 64.1 Å². The number of ether oxygens (including phenoxy) is 2. The maximum atomic E-state index is 12.3. The first kappa shape index (κ1) is 23.7. The Labute approximate surface area is 190 Å². The first-order valence-corrected chi connectivity index (χ1v) is 10.6. The second-order valence-corrected chi connectivity index (χ2v) is 8.72. The van der Waals surface area contributed by atoms with Gasteiger partial charge in [-0.3, -0.25) is 0 Å². The molecule has 32 heavy (non-hydrogen) atoms. The van der Waals surface area contributed by atoms with E-state index in [4.69, 9.17) is 24.5 Å². The highest BCUT2D eigenvalue weighted by atomic mass is 16.7. The van der Waals surface area contributed by atoms with Crippen LogP contribution in [0.15, 0.2) is 54.0 Å². The Morgan fingerprint density at radius 2 is 1.75 bits per heavy atom. The lowest BCUT2D eigenvalue weighted by Gasteiger charge is -2.32. The predicted molar refractivity (Wildman–Crippen MR) is 126 cm³/mol. The first-order valence-electron chi connectivity index (χ1n) is 10.6. The number of methoxy groups -OCH3 is 1. The highest BCUT2D eigenvalue weighted by Gasteiger charge is 2.52. The number of amides is 1. The zero-order chi connectivity index (χ0) is 23.4. The molecular weight excluding hydrogens is 407 g/mol. The Hall–Kier alpha value is -2.97. The third-order valence-corrected chi connectivity index (χ3v) is 5.80. The lowest BCUT2D eigenvalue weighted by Crippen LogP contribution is -2.41. The molecule has 1 amide bonds. The summed E-state index contributed by atoms with van der Waals surface area (Å²) in [7, 11) is 0.942. The van der Waals surface area contributed by atoms with E-state index in [0.717, 1.165) is 11.1 Å². The van der Waals surface area contributed by atoms with E-state index in [0.29, 0.717) is 16.9 Å². The lowest BCUT2D eigenvalue weighted by molar-refractivity contribution is 0.00578. The zero-order valence-electron chi connectivity index (χ0n) is 19.3. The fourth-order valence-corrected chi connectivity index (χ4v) is 3.21. The normalized spacial score (nSPS) is 17.2. The molecular formula is C24H31BN2O5. The third-order valence-electron chi connectivity index (χ3n) is 5.80. The Morgan fingerprint density at radius 3 is 2.38 bits per heavy atom. The zero-order valence-corrected chi connectivity index (χ0v) is 19.3. The predicted octanol–water partition coefficient (Wildman–Crippen LogP) is 4.22. The molecule has 0 atom stereocenters. The summed E-state index contributed by atoms with van der Waals surface area (Å²) in [5.41, 5.74) is 7.91. The summed E-state index contributed by atoms with van der Waals surface area (Å²) in [5, 5.41) is 2.80. The SMILES string of the molecule is COc1ccc(N)cc1C=C(CNC(=O)OCc1ccccc1)B1OC(C)(C)C(C)(C)O1. The van der Waals surface area contributed by atoms with E-state index in [1.165, 1.54) is 0 Å². The third kappa shape index (κ3) is 5.63. The van der Waals surface area contributed by atoms with Crippen LogP contribution in [0.1, 0.15) is 38.8 Å². The molecule has 7 nitrogen and oxygen atoms in total. The van der Waals surface area contributed by atoms with Crippen molar-refractivity contribution in [3.8, 4) is 5.75 Å². The molecule has 2 aromatic carbocycles. The number of nitrogen functional groups attached to an aromatic ring is 1. The Morgan fingerprint density at radius 1 is 1.09 bits per heavy atom. The molecule has 0 unspecified atom stereocenters. The van der Waals surface area contributed by atoms with Crippen LogP contribution in [0.25, 0.3) is 6.08 Å². The average Bonchev–Trinajstić information content (AvgIpc) is 2.97. The molecule has 1 aliphatic heterocycles. The van der Waals surface area contributed by atoms with Crippen LogP contribution < -0.4 is 15.8 Å². The van der Waals surface area contributed by atoms with Gasteiger partial charge in [-0.25, -0.2) is 4.79 Å². The van der Waals surface area contributed by atoms with Crippen molar-refractivity contribution in [2.45, 2.75) is 45.5 Å². The minimum absolute atomic E-state index is 0.169. The summed E-state index contributed by atoms with van der Waals surface area (Å²) in [6.07, 6.45) is 1.34. The number of rotatable bonds is 7. The highest BCUT2D eigenvalue weighted by Crippen LogP contribution is 2.39. The van der Waals surface area contributed by atoms with Crippen LogP contribution in [-0.2, 0) is 20.7 Å². The standard InChI is InChI=1S/C24H31BN2O5/c1-23(2)24(3,4)32-25(31-23)19(13-18-14-20(26)11-12-21(18)29-5)15-27-22(28)30-16-17-9-7-6-8-10-17/h6-14H,15-16,26H2,1-5H3,(H,27,28). The van der Waals surface area contributed by atoms with Crippen molar-refractivity contribution < 1.29 is 23.6 Å². The van der Waals surface area contributed by atoms with Crippen LogP contribution in [0.3, 0.4) is 0 Å². The lowest BCUT2D eigenvalue weighted by atomic mass is 9.77. The number of alkyl carbamates (subject to hydrolysis) is 1. The van der Waals surface area contributed by atoms with Gasteiger partial charge in [-0.05, 0) is 56.9 Å². The topological polar surface area (TPSA) is 92.0 Å². The molecule has 0 bridgehead atoms. The molecule has 1 saturated heterocycles. The molecule has 0 spiro atoms. The Bertz CT molecular complexity index is 960. The Kier molecular flexibility index (Phi) is 7.16. The summed E-state index contributed by atoms with van der Waals surface area (Å²) < 4.78 is 23.2. The van der Waals surface area contributed by atoms with Crippen LogP contribution in [0, 0.1) is 0 Å². The molecule has 2 aromatic rings. The van der Waals surface area contributed by atoms with Crippen LogP contribution >= 0.6 is 0 Å². The molecule has 1 aliphatic rings. The van der Waals surface area contributed by atoms with Gasteiger partial charge in [0.1, 0.15) is 12.4 Å². The maximum absolute atomic E-state index is 12.3. The number of anilines is 1. The number of hydrogen-bond acceptors (Lipinski definition) is 6. The molecule has 0 saturated carbocycles. The molecule has 3 N–H and O–H groups in total. The summed E-state index contributed by atoms with van der Waals surface area (Å²) in [4.78, 5) is 12.3. The second kappa shape index (κ2) is 9.67. The van der Waals surface area contributed by atoms with Crippen LogP contribution in [0.2, 0.25) is 0 Å². The van der Waals surface area contributed by atoms with Crippen molar-refractivity contribution >= 4 is 25.0 Å². The molecule has 1 fully saturated rings. The van der Waals surface area contributed by atoms with Gasteiger partial charge >= 0.3 is 13.2 Å². The summed E-state index contributed by atoms with van der Waals surface area (Å²) in [6.45, 7) is 8.27. The minimum atomic E-state index is -0.652. The fourth-order valence-electron chi connectivity index (χ4n) is 3.21. The summed E-state index contributed by atoms with van der Waals surface area (Å²) in [6, 6.07) is 14.9. The van der Waals surface area contributed by atoms with Crippen molar-refractivity contribution in [2.75, 3.05) is 19.4 Å². The van der Waals surface area contributed by atoms with Crippen molar-refractivity contribution in [3.63, 3.8) is 0 Å². The van der Waals surface area contributed by atoms with Gasteiger partial charge in [-0.1, -0.05) is 36.4 Å². The van der Waals surface area contributed by atoms with Crippen molar-refractivity contribution in [1.82, 2.24) is 5.32 Å². The van der Waals surface area contributed by atoms with E-state index in [1.54, 1.807) is 25.3 Å². The Balaban J connectivity index is 1.78. The molecule has 3 rings (SSSR count). The summed E-state index contributed by atoms with van der Waals surface area (Å²) in [5.74, 6) is 0.653. The van der Waals surface area contributed by atoms with Crippen LogP contribution in [-0.4, -0.2) is 38.1 Å². The van der Waals surface area contributed by atoms with Crippen LogP contribution in [0.5, 0.6) is 5.75 Å². The number of hydrogen-bond donors (Lipinski definition) is 2. The number of carbonyl (C=O) groups excluding carboxylic acids is 1. The van der Waals surface area contributed by atoms with Gasteiger partial charge in [0.15, 0.2) is 0 Å². The second-order valence-electron chi connectivity index (χ2n) is 8.72. The molecule has 0 aliphatic carbocycles. The van der Waals surface area contributed by atoms with Crippen molar-refractivity contribution in [3.05, 3.63) is 65.1 Å². The monoisotopic (exact) mass is 438 g/mol. The smallest absolute Gasteiger partial charge is 0.492 e. The largest absolute Gasteiger partial charge is 0.496 e. The molecule has 170 valence electrons. The molecule has 0 aromatic heterocycles. The van der Waals surface area contributed by atoms with Gasteiger partial charge in [0.05, 0.1) is 18.3 Å². The van der Waals surface area contributed by atoms with Gasteiger partial charge < -0.3 is 29.8 Å². The van der Waals surface area contributed by atoms with Crippen LogP contribution in [0.4, 0.5) is 10.5 Å². The van der Waals surface area contributed by atoms with Gasteiger partial charge in [0.25, 0.3) is 0 Å². The quantitative estimate of drug-likeness (QED) is 0.497. The minimum Gasteiger partial charge on any atom is -0.496 e. The molecule has 1 heterocycles. The number of nitrogens with two attached hydrogens (primary N) is 1. The maximum Gasteiger partial charge on any atom is 0.492 e.